The van der Waals surface area contributed by atoms with Crippen LogP contribution in [0.2, 0.25) is 10.0 Å². The van der Waals surface area contributed by atoms with Crippen molar-refractivity contribution < 1.29 is 27.5 Å². The molecule has 9 nitrogen and oxygen atoms in total. The van der Waals surface area contributed by atoms with Gasteiger partial charge in [0, 0.05) is 29.2 Å². The standard InChI is InChI=1S/C23H27Cl2N3O6S/c1-4-26-23(30)15(3)27(12-16-6-7-17(24)10-19(16)25)22(29)13-28(35(31,32)5-2)18-8-9-20-21(11-18)34-14-33-20/h6-11,15H,4-5,12-14H2,1-3H3,(H,26,30)/t15-/m1/s1. The topological polar surface area (TPSA) is 105 Å². The van der Waals surface area contributed by atoms with E-state index in [1.165, 1.54) is 17.9 Å². The van der Waals surface area contributed by atoms with Gasteiger partial charge in [0.05, 0.1) is 11.4 Å². The quantitative estimate of drug-likeness (QED) is 0.492. The highest BCUT2D eigenvalue weighted by Crippen LogP contribution is 2.36. The third-order valence-electron chi connectivity index (χ3n) is 5.50. The number of halogens is 2. The van der Waals surface area contributed by atoms with E-state index in [0.717, 1.165) is 4.31 Å². The molecule has 2 amide bonds. The van der Waals surface area contributed by atoms with Gasteiger partial charge in [-0.05, 0) is 50.6 Å². The Balaban J connectivity index is 1.96. The number of fused-ring (bicyclic) bond motifs is 1. The highest BCUT2D eigenvalue weighted by molar-refractivity contribution is 7.92. The molecule has 12 heteroatoms. The van der Waals surface area contributed by atoms with Crippen molar-refractivity contribution in [2.45, 2.75) is 33.4 Å². The minimum atomic E-state index is -3.86. The van der Waals surface area contributed by atoms with Gasteiger partial charge in [-0.1, -0.05) is 29.3 Å². The molecule has 1 N–H and O–H groups in total. The van der Waals surface area contributed by atoms with Crippen LogP contribution in [0.1, 0.15) is 26.3 Å². The summed E-state index contributed by atoms with van der Waals surface area (Å²) in [6.07, 6.45) is 0. The van der Waals surface area contributed by atoms with E-state index in [9.17, 15) is 18.0 Å². The molecule has 1 atom stereocenters. The van der Waals surface area contributed by atoms with Gasteiger partial charge in [0.15, 0.2) is 11.5 Å². The third kappa shape index (κ3) is 6.31. The summed E-state index contributed by atoms with van der Waals surface area (Å²) in [4.78, 5) is 27.5. The van der Waals surface area contributed by atoms with Crippen LogP contribution in [0.3, 0.4) is 0 Å². The van der Waals surface area contributed by atoms with E-state index >= 15 is 0 Å². The molecule has 0 bridgehead atoms. The monoisotopic (exact) mass is 543 g/mol. The van der Waals surface area contributed by atoms with E-state index in [0.29, 0.717) is 33.7 Å². The van der Waals surface area contributed by atoms with Crippen molar-refractivity contribution in [2.24, 2.45) is 0 Å². The molecular formula is C23H27Cl2N3O6S. The molecule has 190 valence electrons. The first-order chi connectivity index (χ1) is 16.6. The molecule has 2 aromatic carbocycles. The molecule has 2 aromatic rings. The van der Waals surface area contributed by atoms with E-state index < -0.39 is 28.5 Å². The number of rotatable bonds is 10. The Morgan fingerprint density at radius 2 is 1.80 bits per heavy atom. The number of carbonyl (C=O) groups is 2. The van der Waals surface area contributed by atoms with E-state index in [2.05, 4.69) is 5.32 Å². The Morgan fingerprint density at radius 3 is 2.46 bits per heavy atom. The van der Waals surface area contributed by atoms with Crippen LogP contribution in [0, 0.1) is 0 Å². The van der Waals surface area contributed by atoms with Gasteiger partial charge in [-0.25, -0.2) is 8.42 Å². The van der Waals surface area contributed by atoms with Gasteiger partial charge < -0.3 is 19.7 Å². The number of benzene rings is 2. The van der Waals surface area contributed by atoms with Crippen LogP contribution in [-0.2, 0) is 26.2 Å². The molecule has 3 rings (SSSR count). The highest BCUT2D eigenvalue weighted by Gasteiger charge is 2.32. The number of carbonyl (C=O) groups excluding carboxylic acids is 2. The number of nitrogens with zero attached hydrogens (tertiary/aromatic N) is 2. The molecule has 0 unspecified atom stereocenters. The largest absolute Gasteiger partial charge is 0.454 e. The summed E-state index contributed by atoms with van der Waals surface area (Å²) in [5, 5.41) is 3.45. The zero-order valence-corrected chi connectivity index (χ0v) is 21.9. The van der Waals surface area contributed by atoms with Crippen LogP contribution in [0.25, 0.3) is 0 Å². The van der Waals surface area contributed by atoms with E-state index in [-0.39, 0.29) is 30.7 Å². The van der Waals surface area contributed by atoms with Crippen LogP contribution < -0.4 is 19.1 Å². The summed E-state index contributed by atoms with van der Waals surface area (Å²) in [6, 6.07) is 8.58. The Bertz CT molecular complexity index is 1210. The maximum atomic E-state index is 13.6. The maximum Gasteiger partial charge on any atom is 0.244 e. The van der Waals surface area contributed by atoms with E-state index in [4.69, 9.17) is 32.7 Å². The van der Waals surface area contributed by atoms with Crippen molar-refractivity contribution in [3.05, 3.63) is 52.0 Å². The first kappa shape index (κ1) is 26.9. The number of ether oxygens (including phenoxy) is 2. The number of amides is 2. The minimum Gasteiger partial charge on any atom is -0.454 e. The number of hydrogen-bond donors (Lipinski definition) is 1. The van der Waals surface area contributed by atoms with Crippen LogP contribution in [0.15, 0.2) is 36.4 Å². The first-order valence-corrected chi connectivity index (χ1v) is 13.3. The molecular weight excluding hydrogens is 517 g/mol. The highest BCUT2D eigenvalue weighted by atomic mass is 35.5. The number of hydrogen-bond acceptors (Lipinski definition) is 6. The van der Waals surface area contributed by atoms with Crippen LogP contribution in [-0.4, -0.2) is 56.8 Å². The molecule has 35 heavy (non-hydrogen) atoms. The SMILES string of the molecule is CCNC(=O)[C@@H](C)N(Cc1ccc(Cl)cc1Cl)C(=O)CN(c1ccc2c(c1)OCO2)S(=O)(=O)CC. The lowest BCUT2D eigenvalue weighted by Gasteiger charge is -2.32. The fraction of sp³-hybridized carbons (Fsp3) is 0.391. The molecule has 0 saturated heterocycles. The lowest BCUT2D eigenvalue weighted by Crippen LogP contribution is -2.51. The predicted molar refractivity (Wildman–Crippen MR) is 135 cm³/mol. The molecule has 0 radical (unpaired) electrons. The Labute approximate surface area is 214 Å². The van der Waals surface area contributed by atoms with Crippen molar-refractivity contribution in [2.75, 3.05) is 29.9 Å². The number of anilines is 1. The summed E-state index contributed by atoms with van der Waals surface area (Å²) in [7, 11) is -3.86. The molecule has 0 aliphatic carbocycles. The van der Waals surface area contributed by atoms with Crippen molar-refractivity contribution >= 4 is 50.7 Å². The summed E-state index contributed by atoms with van der Waals surface area (Å²) < 4.78 is 37.6. The zero-order chi connectivity index (χ0) is 25.8. The average molecular weight is 544 g/mol. The van der Waals surface area contributed by atoms with Gasteiger partial charge >= 0.3 is 0 Å². The lowest BCUT2D eigenvalue weighted by molar-refractivity contribution is -0.139. The third-order valence-corrected chi connectivity index (χ3v) is 7.83. The number of likely N-dealkylation sites (N-methyl/N-ethyl adjacent to an activating group) is 1. The Hall–Kier alpha value is -2.69. The molecule has 1 aliphatic rings. The van der Waals surface area contributed by atoms with Crippen molar-refractivity contribution in [1.29, 1.82) is 0 Å². The maximum absolute atomic E-state index is 13.6. The van der Waals surface area contributed by atoms with Gasteiger partial charge in [-0.2, -0.15) is 0 Å². The van der Waals surface area contributed by atoms with Crippen LogP contribution in [0.4, 0.5) is 5.69 Å². The first-order valence-electron chi connectivity index (χ1n) is 11.0. The van der Waals surface area contributed by atoms with E-state index in [1.807, 2.05) is 0 Å². The molecule has 0 saturated carbocycles. The second kappa shape index (κ2) is 11.4. The van der Waals surface area contributed by atoms with Gasteiger partial charge in [0.2, 0.25) is 28.6 Å². The summed E-state index contributed by atoms with van der Waals surface area (Å²) in [5.41, 5.74) is 0.813. The zero-order valence-electron chi connectivity index (χ0n) is 19.6. The number of sulfonamides is 1. The van der Waals surface area contributed by atoms with Crippen molar-refractivity contribution in [3.8, 4) is 11.5 Å². The van der Waals surface area contributed by atoms with Crippen molar-refractivity contribution in [1.82, 2.24) is 10.2 Å². The molecule has 1 heterocycles. The summed E-state index contributed by atoms with van der Waals surface area (Å²) in [5.74, 6) is -0.322. The van der Waals surface area contributed by atoms with Crippen molar-refractivity contribution in [3.63, 3.8) is 0 Å². The van der Waals surface area contributed by atoms with Crippen LogP contribution in [0.5, 0.6) is 11.5 Å². The molecule has 0 spiro atoms. The molecule has 1 aliphatic heterocycles. The molecule has 0 fully saturated rings. The summed E-state index contributed by atoms with van der Waals surface area (Å²) in [6.45, 7) is 4.69. The summed E-state index contributed by atoms with van der Waals surface area (Å²) >= 11 is 12.3. The van der Waals surface area contributed by atoms with E-state index in [1.54, 1.807) is 44.2 Å². The van der Waals surface area contributed by atoms with Gasteiger partial charge in [0.25, 0.3) is 0 Å². The second-order valence-corrected chi connectivity index (χ2v) is 10.8. The van der Waals surface area contributed by atoms with Gasteiger partial charge in [-0.3, -0.25) is 13.9 Å². The van der Waals surface area contributed by atoms with Gasteiger partial charge in [0.1, 0.15) is 12.6 Å². The average Bonchev–Trinajstić information content (AvgIpc) is 3.29. The number of nitrogens with one attached hydrogen (secondary N) is 1. The minimum absolute atomic E-state index is 0.0196. The Morgan fingerprint density at radius 1 is 1.09 bits per heavy atom. The van der Waals surface area contributed by atoms with Gasteiger partial charge in [-0.15, -0.1) is 0 Å². The normalized spacial score (nSPS) is 13.3. The second-order valence-electron chi connectivity index (χ2n) is 7.77. The fourth-order valence-electron chi connectivity index (χ4n) is 3.50. The Kier molecular flexibility index (Phi) is 8.74. The predicted octanol–water partition coefficient (Wildman–Crippen LogP) is 3.43. The van der Waals surface area contributed by atoms with Crippen LogP contribution >= 0.6 is 23.2 Å². The fourth-order valence-corrected chi connectivity index (χ4v) is 5.02. The smallest absolute Gasteiger partial charge is 0.244 e. The lowest BCUT2D eigenvalue weighted by atomic mass is 10.1. The molecule has 0 aromatic heterocycles.